The van der Waals surface area contributed by atoms with Gasteiger partial charge in [0, 0.05) is 20.2 Å². The van der Waals surface area contributed by atoms with Gasteiger partial charge >= 0.3 is 0 Å². The molecule has 1 amide bonds. The summed E-state index contributed by atoms with van der Waals surface area (Å²) in [5, 5.41) is 0. The highest BCUT2D eigenvalue weighted by molar-refractivity contribution is 5.85. The third-order valence-electron chi connectivity index (χ3n) is 2.66. The van der Waals surface area contributed by atoms with Crippen LogP contribution in [0, 0.1) is 0 Å². The van der Waals surface area contributed by atoms with Crippen molar-refractivity contribution in [3.8, 4) is 0 Å². The van der Waals surface area contributed by atoms with Crippen molar-refractivity contribution in [1.29, 1.82) is 0 Å². The second-order valence-electron chi connectivity index (χ2n) is 3.94. The van der Waals surface area contributed by atoms with Crippen LogP contribution in [-0.2, 0) is 14.3 Å². The standard InChI is InChI=1S/C10H20N2O3.ClH/c1-7-6-15-8(2)5-12(7)10(13)9(4-11)14-3;/h7-9H,4-6,11H2,1-3H3;1H. The fourth-order valence-electron chi connectivity index (χ4n) is 1.69. The minimum absolute atomic E-state index is 0. The fraction of sp³-hybridized carbons (Fsp3) is 0.900. The smallest absolute Gasteiger partial charge is 0.253 e. The second kappa shape index (κ2) is 7.06. The SMILES string of the molecule is COC(CN)C(=O)N1CC(C)OCC1C.Cl. The number of nitrogens with zero attached hydrogens (tertiary/aromatic N) is 1. The lowest BCUT2D eigenvalue weighted by Gasteiger charge is -2.38. The van der Waals surface area contributed by atoms with E-state index in [-0.39, 0.29) is 37.0 Å². The molecule has 0 aromatic heterocycles. The van der Waals surface area contributed by atoms with Crippen LogP contribution in [0.3, 0.4) is 0 Å². The van der Waals surface area contributed by atoms with Crippen LogP contribution in [0.5, 0.6) is 0 Å². The molecule has 0 bridgehead atoms. The molecule has 1 aliphatic heterocycles. The van der Waals surface area contributed by atoms with Gasteiger partial charge in [0.1, 0.15) is 6.10 Å². The topological polar surface area (TPSA) is 64.8 Å². The molecular formula is C10H21ClN2O3. The maximum atomic E-state index is 12.0. The first-order chi connectivity index (χ1) is 7.10. The molecular weight excluding hydrogens is 232 g/mol. The van der Waals surface area contributed by atoms with E-state index in [4.69, 9.17) is 15.2 Å². The van der Waals surface area contributed by atoms with Crippen molar-refractivity contribution in [2.75, 3.05) is 26.8 Å². The summed E-state index contributed by atoms with van der Waals surface area (Å²) in [7, 11) is 1.50. The van der Waals surface area contributed by atoms with Gasteiger partial charge in [0.05, 0.1) is 18.8 Å². The zero-order chi connectivity index (χ0) is 11.4. The van der Waals surface area contributed by atoms with Crippen molar-refractivity contribution < 1.29 is 14.3 Å². The molecule has 96 valence electrons. The number of hydrogen-bond acceptors (Lipinski definition) is 4. The van der Waals surface area contributed by atoms with E-state index in [0.29, 0.717) is 13.2 Å². The van der Waals surface area contributed by atoms with Crippen LogP contribution in [0.2, 0.25) is 0 Å². The molecule has 1 rings (SSSR count). The van der Waals surface area contributed by atoms with E-state index in [1.165, 1.54) is 7.11 Å². The van der Waals surface area contributed by atoms with Gasteiger partial charge < -0.3 is 20.1 Å². The Hall–Kier alpha value is -0.360. The van der Waals surface area contributed by atoms with Crippen LogP contribution in [0.15, 0.2) is 0 Å². The van der Waals surface area contributed by atoms with E-state index in [0.717, 1.165) is 0 Å². The summed E-state index contributed by atoms with van der Waals surface area (Å²) in [5.74, 6) is -0.0392. The number of carbonyl (C=O) groups is 1. The maximum Gasteiger partial charge on any atom is 0.253 e. The number of amides is 1. The molecule has 6 heteroatoms. The van der Waals surface area contributed by atoms with Gasteiger partial charge in [0.25, 0.3) is 5.91 Å². The Morgan fingerprint density at radius 2 is 2.25 bits per heavy atom. The zero-order valence-corrected chi connectivity index (χ0v) is 10.8. The molecule has 16 heavy (non-hydrogen) atoms. The van der Waals surface area contributed by atoms with Crippen LogP contribution in [0.1, 0.15) is 13.8 Å². The fourth-order valence-corrected chi connectivity index (χ4v) is 1.69. The second-order valence-corrected chi connectivity index (χ2v) is 3.94. The van der Waals surface area contributed by atoms with Gasteiger partial charge in [-0.3, -0.25) is 4.79 Å². The van der Waals surface area contributed by atoms with E-state index < -0.39 is 6.10 Å². The molecule has 3 atom stereocenters. The third kappa shape index (κ3) is 3.59. The number of carbonyl (C=O) groups excluding carboxylic acids is 1. The van der Waals surface area contributed by atoms with Crippen LogP contribution in [0.25, 0.3) is 0 Å². The Morgan fingerprint density at radius 3 is 2.75 bits per heavy atom. The van der Waals surface area contributed by atoms with Crippen molar-refractivity contribution in [3.05, 3.63) is 0 Å². The van der Waals surface area contributed by atoms with Crippen molar-refractivity contribution >= 4 is 18.3 Å². The molecule has 5 nitrogen and oxygen atoms in total. The summed E-state index contributed by atoms with van der Waals surface area (Å²) in [4.78, 5) is 13.8. The lowest BCUT2D eigenvalue weighted by atomic mass is 10.1. The number of halogens is 1. The number of rotatable bonds is 3. The third-order valence-corrected chi connectivity index (χ3v) is 2.66. The van der Waals surface area contributed by atoms with Gasteiger partial charge in [-0.2, -0.15) is 0 Å². The molecule has 0 aliphatic carbocycles. The van der Waals surface area contributed by atoms with E-state index >= 15 is 0 Å². The first-order valence-corrected chi connectivity index (χ1v) is 5.25. The van der Waals surface area contributed by atoms with Gasteiger partial charge in [-0.05, 0) is 13.8 Å². The largest absolute Gasteiger partial charge is 0.375 e. The number of morpholine rings is 1. The highest BCUT2D eigenvalue weighted by Crippen LogP contribution is 2.13. The van der Waals surface area contributed by atoms with E-state index in [2.05, 4.69) is 0 Å². The quantitative estimate of drug-likeness (QED) is 0.769. The predicted octanol–water partition coefficient (Wildman–Crippen LogP) is 0.0177. The average Bonchev–Trinajstić information content (AvgIpc) is 2.23. The molecule has 0 aromatic carbocycles. The van der Waals surface area contributed by atoms with Crippen LogP contribution in [-0.4, -0.2) is 55.9 Å². The van der Waals surface area contributed by atoms with E-state index in [9.17, 15) is 4.79 Å². The van der Waals surface area contributed by atoms with Crippen LogP contribution in [0.4, 0.5) is 0 Å². The molecule has 0 spiro atoms. The number of nitrogens with two attached hydrogens (primary N) is 1. The molecule has 1 saturated heterocycles. The summed E-state index contributed by atoms with van der Waals surface area (Å²) in [6, 6.07) is 0.0953. The molecule has 1 fully saturated rings. The summed E-state index contributed by atoms with van der Waals surface area (Å²) in [6.07, 6.45) is -0.446. The van der Waals surface area contributed by atoms with Gasteiger partial charge in [-0.1, -0.05) is 0 Å². The van der Waals surface area contributed by atoms with E-state index in [1.807, 2.05) is 13.8 Å². The first kappa shape index (κ1) is 15.6. The molecule has 0 saturated carbocycles. The molecule has 1 heterocycles. The normalized spacial score (nSPS) is 27.1. The van der Waals surface area contributed by atoms with Crippen molar-refractivity contribution in [3.63, 3.8) is 0 Å². The minimum Gasteiger partial charge on any atom is -0.375 e. The van der Waals surface area contributed by atoms with Crippen molar-refractivity contribution in [1.82, 2.24) is 4.90 Å². The molecule has 0 aromatic rings. The van der Waals surface area contributed by atoms with Crippen molar-refractivity contribution in [2.24, 2.45) is 5.73 Å². The van der Waals surface area contributed by atoms with Crippen molar-refractivity contribution in [2.45, 2.75) is 32.1 Å². The first-order valence-electron chi connectivity index (χ1n) is 5.25. The maximum absolute atomic E-state index is 12.0. The molecule has 1 aliphatic rings. The average molecular weight is 253 g/mol. The highest BCUT2D eigenvalue weighted by atomic mass is 35.5. The lowest BCUT2D eigenvalue weighted by Crippen LogP contribution is -2.54. The number of hydrogen-bond donors (Lipinski definition) is 1. The van der Waals surface area contributed by atoms with Crippen LogP contribution < -0.4 is 5.73 Å². The lowest BCUT2D eigenvalue weighted by molar-refractivity contribution is -0.153. The van der Waals surface area contributed by atoms with Gasteiger partial charge in [0.15, 0.2) is 0 Å². The Kier molecular flexibility index (Phi) is 6.90. The van der Waals surface area contributed by atoms with Gasteiger partial charge in [-0.25, -0.2) is 0 Å². The van der Waals surface area contributed by atoms with Crippen LogP contribution >= 0.6 is 12.4 Å². The van der Waals surface area contributed by atoms with Gasteiger partial charge in [0.2, 0.25) is 0 Å². The Morgan fingerprint density at radius 1 is 1.62 bits per heavy atom. The number of ether oxygens (including phenoxy) is 2. The predicted molar refractivity (Wildman–Crippen MR) is 63.7 cm³/mol. The molecule has 2 N–H and O–H groups in total. The molecule has 3 unspecified atom stereocenters. The Bertz CT molecular complexity index is 224. The van der Waals surface area contributed by atoms with E-state index in [1.54, 1.807) is 4.90 Å². The summed E-state index contributed by atoms with van der Waals surface area (Å²) in [5.41, 5.74) is 5.47. The summed E-state index contributed by atoms with van der Waals surface area (Å²) < 4.78 is 10.5. The summed E-state index contributed by atoms with van der Waals surface area (Å²) >= 11 is 0. The highest BCUT2D eigenvalue weighted by Gasteiger charge is 2.31. The minimum atomic E-state index is -0.530. The Labute approximate surface area is 103 Å². The summed E-state index contributed by atoms with van der Waals surface area (Å²) in [6.45, 7) is 5.32. The Balaban J connectivity index is 0.00000225. The monoisotopic (exact) mass is 252 g/mol. The van der Waals surface area contributed by atoms with Gasteiger partial charge in [-0.15, -0.1) is 12.4 Å². The number of methoxy groups -OCH3 is 1. The zero-order valence-electron chi connectivity index (χ0n) is 10.0. The molecule has 0 radical (unpaired) electrons.